The number of aromatic nitrogens is 1. The van der Waals surface area contributed by atoms with Gasteiger partial charge in [0, 0.05) is 43.4 Å². The van der Waals surface area contributed by atoms with Crippen LogP contribution in [0.4, 0.5) is 0 Å². The molecule has 126 valence electrons. The zero-order valence-corrected chi connectivity index (χ0v) is 13.5. The number of hydrogen-bond donors (Lipinski definition) is 1. The maximum atomic E-state index is 12.3. The number of carbonyl (C=O) groups is 1. The number of nitrogens with one attached hydrogen (secondary N) is 1. The van der Waals surface area contributed by atoms with Gasteiger partial charge >= 0.3 is 0 Å². The third kappa shape index (κ3) is 2.95. The van der Waals surface area contributed by atoms with Crippen LogP contribution < -0.4 is 5.32 Å². The highest BCUT2D eigenvalue weighted by Gasteiger charge is 2.50. The molecule has 2 aromatic heterocycles. The molecule has 2 fully saturated rings. The number of hydrogen-bond acceptors (Lipinski definition) is 5. The van der Waals surface area contributed by atoms with Crippen molar-refractivity contribution < 1.29 is 13.9 Å². The Morgan fingerprint density at radius 1 is 1.42 bits per heavy atom. The highest BCUT2D eigenvalue weighted by molar-refractivity contribution is 5.93. The van der Waals surface area contributed by atoms with E-state index in [2.05, 4.69) is 15.2 Å². The summed E-state index contributed by atoms with van der Waals surface area (Å²) in [5.41, 5.74) is 0.583. The van der Waals surface area contributed by atoms with Crippen molar-refractivity contribution >= 4 is 5.91 Å². The lowest BCUT2D eigenvalue weighted by atomic mass is 9.81. The van der Waals surface area contributed by atoms with E-state index in [0.29, 0.717) is 24.6 Å². The molecule has 2 aliphatic rings. The van der Waals surface area contributed by atoms with Gasteiger partial charge in [-0.25, -0.2) is 0 Å². The fourth-order valence-corrected chi connectivity index (χ4v) is 3.79. The zero-order chi connectivity index (χ0) is 16.4. The summed E-state index contributed by atoms with van der Waals surface area (Å²) in [6, 6.07) is 7.47. The summed E-state index contributed by atoms with van der Waals surface area (Å²) in [4.78, 5) is 18.7. The molecule has 2 aliphatic heterocycles. The molecule has 0 saturated carbocycles. The molecule has 0 aromatic carbocycles. The number of fused-ring (bicyclic) bond motifs is 1. The first-order valence-electron chi connectivity index (χ1n) is 8.26. The topological polar surface area (TPSA) is 67.6 Å². The molecule has 2 saturated heterocycles. The number of ether oxygens (including phenoxy) is 1. The molecule has 0 radical (unpaired) electrons. The van der Waals surface area contributed by atoms with Gasteiger partial charge in [-0.05, 0) is 24.3 Å². The van der Waals surface area contributed by atoms with Gasteiger partial charge in [0.1, 0.15) is 5.76 Å². The van der Waals surface area contributed by atoms with E-state index in [9.17, 15) is 4.79 Å². The van der Waals surface area contributed by atoms with Crippen LogP contribution in [0.1, 0.15) is 16.1 Å². The summed E-state index contributed by atoms with van der Waals surface area (Å²) in [5, 5.41) is 3.07. The van der Waals surface area contributed by atoms with E-state index in [-0.39, 0.29) is 11.3 Å². The van der Waals surface area contributed by atoms with E-state index >= 15 is 0 Å². The number of furan rings is 1. The Balaban J connectivity index is 1.40. The van der Waals surface area contributed by atoms with Crippen molar-refractivity contribution in [3.63, 3.8) is 0 Å². The number of pyridine rings is 1. The Labute approximate surface area is 140 Å². The second-order valence-corrected chi connectivity index (χ2v) is 6.75. The van der Waals surface area contributed by atoms with E-state index in [1.165, 1.54) is 0 Å². The lowest BCUT2D eigenvalue weighted by molar-refractivity contribution is 0.0902. The van der Waals surface area contributed by atoms with E-state index in [1.807, 2.05) is 12.1 Å². The van der Waals surface area contributed by atoms with Crippen LogP contribution in [0.5, 0.6) is 0 Å². The highest BCUT2D eigenvalue weighted by Crippen LogP contribution is 2.41. The minimum absolute atomic E-state index is 0.00946. The number of rotatable bonds is 5. The average molecular weight is 327 g/mol. The summed E-state index contributed by atoms with van der Waals surface area (Å²) >= 11 is 0. The predicted molar refractivity (Wildman–Crippen MR) is 87.3 cm³/mol. The van der Waals surface area contributed by atoms with E-state index in [1.54, 1.807) is 30.8 Å². The second-order valence-electron chi connectivity index (χ2n) is 6.75. The summed E-state index contributed by atoms with van der Waals surface area (Å²) in [6.07, 6.45) is 4.96. The number of amides is 1. The van der Waals surface area contributed by atoms with Gasteiger partial charge in [-0.1, -0.05) is 0 Å². The molecule has 0 unspecified atom stereocenters. The summed E-state index contributed by atoms with van der Waals surface area (Å²) in [6.45, 7) is 4.77. The lowest BCUT2D eigenvalue weighted by Gasteiger charge is -2.27. The Hall–Kier alpha value is -2.18. The third-order valence-corrected chi connectivity index (χ3v) is 5.08. The monoisotopic (exact) mass is 327 g/mol. The van der Waals surface area contributed by atoms with Crippen molar-refractivity contribution in [3.05, 3.63) is 54.2 Å². The van der Waals surface area contributed by atoms with Crippen LogP contribution in [-0.4, -0.2) is 48.6 Å². The summed E-state index contributed by atoms with van der Waals surface area (Å²) < 4.78 is 11.2. The van der Waals surface area contributed by atoms with Crippen LogP contribution >= 0.6 is 0 Å². The second kappa shape index (κ2) is 6.37. The van der Waals surface area contributed by atoms with Crippen molar-refractivity contribution in [1.29, 1.82) is 0 Å². The first-order chi connectivity index (χ1) is 11.8. The molecule has 4 heterocycles. The van der Waals surface area contributed by atoms with Gasteiger partial charge in [0.25, 0.3) is 5.91 Å². The van der Waals surface area contributed by atoms with Crippen molar-refractivity contribution in [2.24, 2.45) is 11.3 Å². The van der Waals surface area contributed by atoms with Gasteiger partial charge in [0.2, 0.25) is 0 Å². The maximum absolute atomic E-state index is 12.3. The minimum Gasteiger partial charge on any atom is -0.468 e. The Morgan fingerprint density at radius 2 is 2.38 bits per heavy atom. The van der Waals surface area contributed by atoms with Gasteiger partial charge in [-0.3, -0.25) is 14.7 Å². The van der Waals surface area contributed by atoms with Crippen LogP contribution in [0.2, 0.25) is 0 Å². The average Bonchev–Trinajstić information content (AvgIpc) is 3.30. The van der Waals surface area contributed by atoms with Crippen molar-refractivity contribution in [2.45, 2.75) is 6.54 Å². The summed E-state index contributed by atoms with van der Waals surface area (Å²) in [7, 11) is 0. The largest absolute Gasteiger partial charge is 0.468 e. The predicted octanol–water partition coefficient (Wildman–Crippen LogP) is 1.55. The molecule has 4 rings (SSSR count). The van der Waals surface area contributed by atoms with E-state index in [0.717, 1.165) is 32.0 Å². The summed E-state index contributed by atoms with van der Waals surface area (Å²) in [5.74, 6) is 1.35. The molecular formula is C18H21N3O3. The number of carbonyl (C=O) groups excluding carboxylic acids is 1. The van der Waals surface area contributed by atoms with Crippen molar-refractivity contribution in [3.8, 4) is 0 Å². The first-order valence-corrected chi connectivity index (χ1v) is 8.26. The number of nitrogens with zero attached hydrogens (tertiary/aromatic N) is 2. The van der Waals surface area contributed by atoms with Crippen molar-refractivity contribution in [2.75, 3.05) is 32.8 Å². The molecule has 1 N–H and O–H groups in total. The normalized spacial score (nSPS) is 26.4. The maximum Gasteiger partial charge on any atom is 0.252 e. The molecule has 2 aromatic rings. The van der Waals surface area contributed by atoms with Crippen LogP contribution in [-0.2, 0) is 11.3 Å². The van der Waals surface area contributed by atoms with Crippen LogP contribution in [0, 0.1) is 11.3 Å². The Morgan fingerprint density at radius 3 is 3.17 bits per heavy atom. The molecular weight excluding hydrogens is 306 g/mol. The van der Waals surface area contributed by atoms with Crippen LogP contribution in [0.3, 0.4) is 0 Å². The fourth-order valence-electron chi connectivity index (χ4n) is 3.79. The molecule has 0 aliphatic carbocycles. The Kier molecular flexibility index (Phi) is 4.08. The van der Waals surface area contributed by atoms with Gasteiger partial charge in [-0.15, -0.1) is 0 Å². The molecule has 2 atom stereocenters. The van der Waals surface area contributed by atoms with E-state index < -0.39 is 0 Å². The van der Waals surface area contributed by atoms with Crippen LogP contribution in [0.15, 0.2) is 47.3 Å². The SMILES string of the molecule is O=C(NC[C@@]12COC[C@@H]1CN(Cc1ccco1)C2)c1cccnc1. The van der Waals surface area contributed by atoms with E-state index in [4.69, 9.17) is 9.15 Å². The van der Waals surface area contributed by atoms with Crippen LogP contribution in [0.25, 0.3) is 0 Å². The highest BCUT2D eigenvalue weighted by atomic mass is 16.5. The molecule has 1 amide bonds. The number of likely N-dealkylation sites (tertiary alicyclic amines) is 1. The smallest absolute Gasteiger partial charge is 0.252 e. The van der Waals surface area contributed by atoms with Crippen molar-refractivity contribution in [1.82, 2.24) is 15.2 Å². The molecule has 6 heteroatoms. The quantitative estimate of drug-likeness (QED) is 0.902. The fraction of sp³-hybridized carbons (Fsp3) is 0.444. The minimum atomic E-state index is -0.0763. The molecule has 6 nitrogen and oxygen atoms in total. The van der Waals surface area contributed by atoms with Gasteiger partial charge < -0.3 is 14.5 Å². The van der Waals surface area contributed by atoms with Gasteiger partial charge in [-0.2, -0.15) is 0 Å². The lowest BCUT2D eigenvalue weighted by Crippen LogP contribution is -2.43. The molecule has 0 spiro atoms. The van der Waals surface area contributed by atoms with Gasteiger partial charge in [0.15, 0.2) is 0 Å². The Bertz CT molecular complexity index is 689. The standard InChI is InChI=1S/C18H21N3O3/c22-17(14-3-1-5-19-7-14)20-11-18-12-21(8-15(18)10-23-13-18)9-16-4-2-6-24-16/h1-7,15H,8-13H2,(H,20,22)/t15-,18+/m0/s1. The first kappa shape index (κ1) is 15.4. The zero-order valence-electron chi connectivity index (χ0n) is 13.5. The molecule has 0 bridgehead atoms. The van der Waals surface area contributed by atoms with Gasteiger partial charge in [0.05, 0.1) is 31.6 Å². The third-order valence-electron chi connectivity index (χ3n) is 5.08. The molecule has 24 heavy (non-hydrogen) atoms.